The number of hydrogen-bond acceptors (Lipinski definition) is 6. The van der Waals surface area contributed by atoms with Crippen LogP contribution in [0.3, 0.4) is 0 Å². The maximum absolute atomic E-state index is 11.7. The minimum atomic E-state index is -0.126. The van der Waals surface area contributed by atoms with Gasteiger partial charge in [-0.05, 0) is 24.4 Å². The standard InChI is InChI=1S/C16H18N6OS2/c1-4-12-19-20-16-22(12)21-14(25-16)10-6-5-7-11(8-10)17-15(24)18-13(23)9(2)3/h5-9H,4H2,1-3H3,(H2,17,18,23,24). The van der Waals surface area contributed by atoms with E-state index in [0.29, 0.717) is 0 Å². The lowest BCUT2D eigenvalue weighted by molar-refractivity contribution is -0.122. The highest BCUT2D eigenvalue weighted by atomic mass is 32.1. The second-order valence-electron chi connectivity index (χ2n) is 5.75. The number of anilines is 1. The highest BCUT2D eigenvalue weighted by molar-refractivity contribution is 7.80. The van der Waals surface area contributed by atoms with Gasteiger partial charge < -0.3 is 10.6 Å². The van der Waals surface area contributed by atoms with Crippen molar-refractivity contribution in [2.24, 2.45) is 5.92 Å². The number of fused-ring (bicyclic) bond motifs is 1. The van der Waals surface area contributed by atoms with E-state index in [1.807, 2.05) is 45.0 Å². The predicted molar refractivity (Wildman–Crippen MR) is 103 cm³/mol. The third-order valence-electron chi connectivity index (χ3n) is 3.50. The van der Waals surface area contributed by atoms with Crippen molar-refractivity contribution in [3.05, 3.63) is 30.1 Å². The van der Waals surface area contributed by atoms with Crippen LogP contribution in [-0.2, 0) is 11.2 Å². The second-order valence-corrected chi connectivity index (χ2v) is 7.11. The van der Waals surface area contributed by atoms with Crippen LogP contribution < -0.4 is 10.6 Å². The van der Waals surface area contributed by atoms with Crippen LogP contribution in [0.1, 0.15) is 26.6 Å². The Hall–Kier alpha value is -2.39. The van der Waals surface area contributed by atoms with Crippen molar-refractivity contribution in [3.8, 4) is 10.6 Å². The molecule has 0 atom stereocenters. The molecule has 0 unspecified atom stereocenters. The van der Waals surface area contributed by atoms with Crippen molar-refractivity contribution in [2.45, 2.75) is 27.2 Å². The number of hydrogen-bond donors (Lipinski definition) is 2. The molecule has 0 aliphatic carbocycles. The van der Waals surface area contributed by atoms with Gasteiger partial charge in [0.15, 0.2) is 10.9 Å². The van der Waals surface area contributed by atoms with Crippen LogP contribution in [0, 0.1) is 5.92 Å². The summed E-state index contributed by atoms with van der Waals surface area (Å²) in [6, 6.07) is 7.70. The molecule has 0 aliphatic heterocycles. The average Bonchev–Trinajstić information content (AvgIpc) is 3.15. The molecule has 0 saturated heterocycles. The van der Waals surface area contributed by atoms with Crippen molar-refractivity contribution in [3.63, 3.8) is 0 Å². The van der Waals surface area contributed by atoms with Gasteiger partial charge >= 0.3 is 0 Å². The summed E-state index contributed by atoms with van der Waals surface area (Å²) < 4.78 is 1.77. The minimum absolute atomic E-state index is 0.116. The quantitative estimate of drug-likeness (QED) is 0.683. The van der Waals surface area contributed by atoms with Gasteiger partial charge in [-0.1, -0.05) is 44.2 Å². The topological polar surface area (TPSA) is 84.2 Å². The molecule has 130 valence electrons. The van der Waals surface area contributed by atoms with Gasteiger partial charge in [0.25, 0.3) is 0 Å². The smallest absolute Gasteiger partial charge is 0.234 e. The molecular formula is C16H18N6OS2. The van der Waals surface area contributed by atoms with E-state index in [2.05, 4.69) is 25.9 Å². The van der Waals surface area contributed by atoms with E-state index in [-0.39, 0.29) is 16.9 Å². The van der Waals surface area contributed by atoms with E-state index >= 15 is 0 Å². The Kier molecular flexibility index (Phi) is 5.05. The van der Waals surface area contributed by atoms with Gasteiger partial charge in [-0.25, -0.2) is 0 Å². The molecule has 1 aromatic carbocycles. The lowest BCUT2D eigenvalue weighted by Crippen LogP contribution is -2.36. The molecule has 9 heteroatoms. The molecule has 2 heterocycles. The summed E-state index contributed by atoms with van der Waals surface area (Å²) in [4.78, 5) is 12.5. The molecule has 0 bridgehead atoms. The summed E-state index contributed by atoms with van der Waals surface area (Å²) >= 11 is 6.66. The summed E-state index contributed by atoms with van der Waals surface area (Å²) in [6.07, 6.45) is 0.774. The Bertz CT molecular complexity index is 930. The molecule has 3 rings (SSSR count). The molecule has 0 spiro atoms. The average molecular weight is 374 g/mol. The van der Waals surface area contributed by atoms with Gasteiger partial charge in [0.1, 0.15) is 5.01 Å². The Morgan fingerprint density at radius 1 is 1.36 bits per heavy atom. The number of carbonyl (C=O) groups is 1. The van der Waals surface area contributed by atoms with Crippen LogP contribution in [0.2, 0.25) is 0 Å². The minimum Gasteiger partial charge on any atom is -0.332 e. The van der Waals surface area contributed by atoms with Crippen molar-refractivity contribution in [1.29, 1.82) is 0 Å². The SMILES string of the molecule is CCc1nnc2sc(-c3cccc(NC(=S)NC(=O)C(C)C)c3)nn12. The fourth-order valence-corrected chi connectivity index (χ4v) is 3.22. The Morgan fingerprint density at radius 3 is 2.88 bits per heavy atom. The largest absolute Gasteiger partial charge is 0.332 e. The maximum Gasteiger partial charge on any atom is 0.234 e. The summed E-state index contributed by atoms with van der Waals surface area (Å²) in [5, 5.41) is 19.6. The molecule has 0 fully saturated rings. The Labute approximate surface area is 154 Å². The number of nitrogens with zero attached hydrogens (tertiary/aromatic N) is 4. The molecule has 0 saturated carbocycles. The molecular weight excluding hydrogens is 356 g/mol. The normalized spacial score (nSPS) is 11.0. The summed E-state index contributed by atoms with van der Waals surface area (Å²) in [6.45, 7) is 5.65. The molecule has 0 aliphatic rings. The van der Waals surface area contributed by atoms with Crippen LogP contribution in [0.5, 0.6) is 0 Å². The number of carbonyl (C=O) groups excluding carboxylic acids is 1. The number of nitrogens with one attached hydrogen (secondary N) is 2. The van der Waals surface area contributed by atoms with E-state index in [1.54, 1.807) is 4.52 Å². The van der Waals surface area contributed by atoms with E-state index in [1.165, 1.54) is 11.3 Å². The molecule has 0 radical (unpaired) electrons. The predicted octanol–water partition coefficient (Wildman–Crippen LogP) is 2.88. The lowest BCUT2D eigenvalue weighted by Gasteiger charge is -2.11. The van der Waals surface area contributed by atoms with Gasteiger partial charge in [0.2, 0.25) is 10.9 Å². The zero-order chi connectivity index (χ0) is 18.0. The lowest BCUT2D eigenvalue weighted by atomic mass is 10.2. The molecule has 7 nitrogen and oxygen atoms in total. The molecule has 3 aromatic rings. The van der Waals surface area contributed by atoms with E-state index in [4.69, 9.17) is 12.2 Å². The van der Waals surface area contributed by atoms with Crippen LogP contribution >= 0.6 is 23.6 Å². The van der Waals surface area contributed by atoms with Gasteiger partial charge in [-0.3, -0.25) is 4.79 Å². The van der Waals surface area contributed by atoms with Gasteiger partial charge in [-0.15, -0.1) is 10.2 Å². The summed E-state index contributed by atoms with van der Waals surface area (Å²) in [5.74, 6) is 0.595. The van der Waals surface area contributed by atoms with Crippen molar-refractivity contribution >= 4 is 45.2 Å². The van der Waals surface area contributed by atoms with Crippen LogP contribution in [0.25, 0.3) is 15.5 Å². The number of amides is 1. The van der Waals surface area contributed by atoms with Gasteiger partial charge in [0.05, 0.1) is 0 Å². The van der Waals surface area contributed by atoms with Crippen molar-refractivity contribution < 1.29 is 4.79 Å². The monoisotopic (exact) mass is 374 g/mol. The number of thiocarbonyl (C=S) groups is 1. The van der Waals surface area contributed by atoms with Crippen LogP contribution in [-0.4, -0.2) is 30.8 Å². The van der Waals surface area contributed by atoms with Crippen molar-refractivity contribution in [1.82, 2.24) is 25.1 Å². The molecule has 1 amide bonds. The van der Waals surface area contributed by atoms with E-state index in [0.717, 1.165) is 33.5 Å². The highest BCUT2D eigenvalue weighted by Crippen LogP contribution is 2.27. The first-order chi connectivity index (χ1) is 12.0. The molecule has 25 heavy (non-hydrogen) atoms. The summed E-state index contributed by atoms with van der Waals surface area (Å²) in [5.41, 5.74) is 1.73. The Morgan fingerprint density at radius 2 is 2.16 bits per heavy atom. The highest BCUT2D eigenvalue weighted by Gasteiger charge is 2.13. The summed E-state index contributed by atoms with van der Waals surface area (Å²) in [7, 11) is 0. The first-order valence-corrected chi connectivity index (χ1v) is 9.13. The molecule has 2 N–H and O–H groups in total. The van der Waals surface area contributed by atoms with Crippen molar-refractivity contribution in [2.75, 3.05) is 5.32 Å². The maximum atomic E-state index is 11.7. The van der Waals surface area contributed by atoms with Gasteiger partial charge in [0, 0.05) is 23.6 Å². The first kappa shape index (κ1) is 17.4. The third kappa shape index (κ3) is 3.83. The van der Waals surface area contributed by atoms with E-state index < -0.39 is 0 Å². The number of rotatable bonds is 4. The number of aryl methyl sites for hydroxylation is 1. The number of benzene rings is 1. The zero-order valence-corrected chi connectivity index (χ0v) is 15.7. The fraction of sp³-hybridized carbons (Fsp3) is 0.312. The Balaban J connectivity index is 1.79. The van der Waals surface area contributed by atoms with Crippen LogP contribution in [0.4, 0.5) is 5.69 Å². The number of aromatic nitrogens is 4. The van der Waals surface area contributed by atoms with Gasteiger partial charge in [-0.2, -0.15) is 9.61 Å². The second kappa shape index (κ2) is 7.24. The third-order valence-corrected chi connectivity index (χ3v) is 4.65. The molecule has 2 aromatic heterocycles. The fourth-order valence-electron chi connectivity index (χ4n) is 2.14. The van der Waals surface area contributed by atoms with Crippen LogP contribution in [0.15, 0.2) is 24.3 Å². The first-order valence-electron chi connectivity index (χ1n) is 7.91. The van der Waals surface area contributed by atoms with E-state index in [9.17, 15) is 4.79 Å². The zero-order valence-electron chi connectivity index (χ0n) is 14.1.